The molecule has 1 aromatic heterocycles. The maximum absolute atomic E-state index is 11.8. The molecule has 17 heavy (non-hydrogen) atoms. The van der Waals surface area contributed by atoms with Gasteiger partial charge < -0.3 is 20.1 Å². The third kappa shape index (κ3) is 3.35. The standard InChI is InChI=1S/C10H14Cl2N2O3/c1-10(17,5-15)4-13-9(16)7-3-6(11)8(12)14(7)2/h3,15,17H,4-5H2,1-2H3,(H,13,16). The average molecular weight is 281 g/mol. The van der Waals surface area contributed by atoms with Crippen molar-refractivity contribution in [1.29, 1.82) is 0 Å². The van der Waals surface area contributed by atoms with Crippen LogP contribution in [-0.2, 0) is 7.05 Å². The van der Waals surface area contributed by atoms with Gasteiger partial charge in [0.25, 0.3) is 5.91 Å². The van der Waals surface area contributed by atoms with E-state index in [1.165, 1.54) is 17.6 Å². The van der Waals surface area contributed by atoms with E-state index < -0.39 is 18.1 Å². The predicted octanol–water partition coefficient (Wildman–Crippen LogP) is 0.805. The van der Waals surface area contributed by atoms with Crippen LogP contribution in [0.3, 0.4) is 0 Å². The number of hydrogen-bond donors (Lipinski definition) is 3. The highest BCUT2D eigenvalue weighted by molar-refractivity contribution is 6.41. The highest BCUT2D eigenvalue weighted by Gasteiger charge is 2.22. The molecular weight excluding hydrogens is 267 g/mol. The van der Waals surface area contributed by atoms with Crippen LogP contribution < -0.4 is 5.32 Å². The topological polar surface area (TPSA) is 74.5 Å². The second kappa shape index (κ2) is 5.27. The Labute approximate surface area is 109 Å². The number of hydrogen-bond acceptors (Lipinski definition) is 3. The largest absolute Gasteiger partial charge is 0.393 e. The first-order valence-corrected chi connectivity index (χ1v) is 5.66. The molecule has 0 radical (unpaired) electrons. The summed E-state index contributed by atoms with van der Waals surface area (Å²) < 4.78 is 1.44. The molecule has 0 aliphatic carbocycles. The van der Waals surface area contributed by atoms with Crippen LogP contribution in [0.1, 0.15) is 17.4 Å². The molecule has 0 saturated carbocycles. The molecular formula is C10H14Cl2N2O3. The van der Waals surface area contributed by atoms with Crippen LogP contribution >= 0.6 is 23.2 Å². The van der Waals surface area contributed by atoms with Gasteiger partial charge in [0, 0.05) is 13.6 Å². The molecule has 0 aliphatic rings. The molecule has 0 aromatic carbocycles. The summed E-state index contributed by atoms with van der Waals surface area (Å²) in [5.74, 6) is -0.421. The minimum atomic E-state index is -1.35. The van der Waals surface area contributed by atoms with E-state index in [-0.39, 0.29) is 22.4 Å². The molecule has 0 saturated heterocycles. The van der Waals surface area contributed by atoms with E-state index in [0.29, 0.717) is 0 Å². The quantitative estimate of drug-likeness (QED) is 0.764. The lowest BCUT2D eigenvalue weighted by Crippen LogP contribution is -2.43. The zero-order valence-electron chi connectivity index (χ0n) is 9.50. The molecule has 5 nitrogen and oxygen atoms in total. The van der Waals surface area contributed by atoms with Crippen LogP contribution in [0.2, 0.25) is 10.2 Å². The first-order valence-electron chi connectivity index (χ1n) is 4.90. The number of aliphatic hydroxyl groups is 2. The van der Waals surface area contributed by atoms with E-state index in [2.05, 4.69) is 5.32 Å². The highest BCUT2D eigenvalue weighted by atomic mass is 35.5. The molecule has 0 aliphatic heterocycles. The van der Waals surface area contributed by atoms with Crippen molar-refractivity contribution in [2.75, 3.05) is 13.2 Å². The maximum atomic E-state index is 11.8. The van der Waals surface area contributed by atoms with Gasteiger partial charge in [0.1, 0.15) is 16.4 Å². The molecule has 3 N–H and O–H groups in total. The Bertz CT molecular complexity index is 429. The van der Waals surface area contributed by atoms with Gasteiger partial charge >= 0.3 is 0 Å². The molecule has 0 bridgehead atoms. The summed E-state index contributed by atoms with van der Waals surface area (Å²) in [6.07, 6.45) is 0. The van der Waals surface area contributed by atoms with E-state index >= 15 is 0 Å². The number of nitrogens with zero attached hydrogens (tertiary/aromatic N) is 1. The van der Waals surface area contributed by atoms with Crippen LogP contribution in [0.25, 0.3) is 0 Å². The summed E-state index contributed by atoms with van der Waals surface area (Å²) in [5, 5.41) is 21.4. The number of carbonyl (C=O) groups excluding carboxylic acids is 1. The maximum Gasteiger partial charge on any atom is 0.268 e. The van der Waals surface area contributed by atoms with Crippen molar-refractivity contribution in [1.82, 2.24) is 9.88 Å². The molecule has 7 heteroatoms. The Morgan fingerprint density at radius 2 is 2.18 bits per heavy atom. The molecule has 1 atom stereocenters. The molecule has 1 heterocycles. The highest BCUT2D eigenvalue weighted by Crippen LogP contribution is 2.24. The molecule has 1 rings (SSSR count). The lowest BCUT2D eigenvalue weighted by atomic mass is 10.1. The number of rotatable bonds is 4. The monoisotopic (exact) mass is 280 g/mol. The van der Waals surface area contributed by atoms with Gasteiger partial charge in [-0.3, -0.25) is 4.79 Å². The van der Waals surface area contributed by atoms with Crippen LogP contribution in [-0.4, -0.2) is 39.4 Å². The van der Waals surface area contributed by atoms with Gasteiger partial charge in [-0.1, -0.05) is 23.2 Å². The summed E-state index contributed by atoms with van der Waals surface area (Å²) >= 11 is 11.6. The number of halogens is 2. The summed E-state index contributed by atoms with van der Waals surface area (Å²) in [7, 11) is 1.60. The van der Waals surface area contributed by atoms with Crippen molar-refractivity contribution in [2.45, 2.75) is 12.5 Å². The van der Waals surface area contributed by atoms with Crippen LogP contribution in [0.15, 0.2) is 6.07 Å². The van der Waals surface area contributed by atoms with E-state index in [4.69, 9.17) is 28.3 Å². The van der Waals surface area contributed by atoms with Gasteiger partial charge in [0.15, 0.2) is 0 Å². The molecule has 1 aromatic rings. The number of aliphatic hydroxyl groups excluding tert-OH is 1. The van der Waals surface area contributed by atoms with E-state index in [0.717, 1.165) is 0 Å². The van der Waals surface area contributed by atoms with Crippen molar-refractivity contribution < 1.29 is 15.0 Å². The van der Waals surface area contributed by atoms with Crippen LogP contribution in [0.5, 0.6) is 0 Å². The van der Waals surface area contributed by atoms with E-state index in [9.17, 15) is 9.90 Å². The number of carbonyl (C=O) groups is 1. The van der Waals surface area contributed by atoms with Gasteiger partial charge in [-0.2, -0.15) is 0 Å². The summed E-state index contributed by atoms with van der Waals surface area (Å²) in [4.78, 5) is 11.8. The Hall–Kier alpha value is -0.750. The fraction of sp³-hybridized carbons (Fsp3) is 0.500. The van der Waals surface area contributed by atoms with Gasteiger partial charge in [0.05, 0.1) is 11.6 Å². The van der Waals surface area contributed by atoms with E-state index in [1.54, 1.807) is 7.05 Å². The second-order valence-corrected chi connectivity index (χ2v) is 4.83. The van der Waals surface area contributed by atoms with Crippen LogP contribution in [0, 0.1) is 0 Å². The molecule has 1 unspecified atom stereocenters. The van der Waals surface area contributed by atoms with Crippen molar-refractivity contribution in [3.05, 3.63) is 21.9 Å². The third-order valence-corrected chi connectivity index (χ3v) is 3.16. The zero-order valence-corrected chi connectivity index (χ0v) is 11.0. The number of nitrogens with one attached hydrogen (secondary N) is 1. The van der Waals surface area contributed by atoms with Crippen molar-refractivity contribution in [3.63, 3.8) is 0 Å². The first-order chi connectivity index (χ1) is 7.78. The summed E-state index contributed by atoms with van der Waals surface area (Å²) in [5.41, 5.74) is -1.07. The molecule has 1 amide bonds. The predicted molar refractivity (Wildman–Crippen MR) is 65.5 cm³/mol. The lowest BCUT2D eigenvalue weighted by molar-refractivity contribution is 0.00313. The Kier molecular flexibility index (Phi) is 4.43. The van der Waals surface area contributed by atoms with Crippen molar-refractivity contribution in [3.8, 4) is 0 Å². The SMILES string of the molecule is Cn1c(C(=O)NCC(C)(O)CO)cc(Cl)c1Cl. The smallest absolute Gasteiger partial charge is 0.268 e. The molecule has 96 valence electrons. The summed E-state index contributed by atoms with van der Waals surface area (Å²) in [6.45, 7) is 0.906. The first kappa shape index (κ1) is 14.3. The average Bonchev–Trinajstić information content (AvgIpc) is 2.54. The third-order valence-electron chi connectivity index (χ3n) is 2.32. The second-order valence-electron chi connectivity index (χ2n) is 4.07. The molecule has 0 fully saturated rings. The minimum Gasteiger partial charge on any atom is -0.393 e. The summed E-state index contributed by atoms with van der Waals surface area (Å²) in [6, 6.07) is 1.44. The minimum absolute atomic E-state index is 0.0667. The lowest BCUT2D eigenvalue weighted by Gasteiger charge is -2.20. The van der Waals surface area contributed by atoms with Crippen molar-refractivity contribution in [2.24, 2.45) is 7.05 Å². The number of aromatic nitrogens is 1. The van der Waals surface area contributed by atoms with Crippen molar-refractivity contribution >= 4 is 29.1 Å². The zero-order chi connectivity index (χ0) is 13.2. The van der Waals surface area contributed by atoms with Gasteiger partial charge in [-0.15, -0.1) is 0 Å². The Morgan fingerprint density at radius 1 is 1.59 bits per heavy atom. The molecule has 0 spiro atoms. The Balaban J connectivity index is 2.74. The fourth-order valence-corrected chi connectivity index (χ4v) is 1.55. The number of amides is 1. The Morgan fingerprint density at radius 3 is 2.59 bits per heavy atom. The van der Waals surface area contributed by atoms with Gasteiger partial charge in [-0.25, -0.2) is 0 Å². The van der Waals surface area contributed by atoms with Gasteiger partial charge in [-0.05, 0) is 13.0 Å². The van der Waals surface area contributed by atoms with E-state index in [1.807, 2.05) is 0 Å². The normalized spacial score (nSPS) is 14.5. The fourth-order valence-electron chi connectivity index (χ4n) is 1.18. The van der Waals surface area contributed by atoms with Gasteiger partial charge in [0.2, 0.25) is 0 Å². The van der Waals surface area contributed by atoms with Crippen LogP contribution in [0.4, 0.5) is 0 Å².